The summed E-state index contributed by atoms with van der Waals surface area (Å²) in [5.74, 6) is 0. The van der Waals surface area contributed by atoms with E-state index in [0.717, 1.165) is 31.4 Å². The van der Waals surface area contributed by atoms with E-state index in [2.05, 4.69) is 41.4 Å². The molecular weight excluding hydrogens is 214 g/mol. The molecule has 5 heteroatoms. The van der Waals surface area contributed by atoms with Crippen molar-refractivity contribution in [1.29, 1.82) is 0 Å². The summed E-state index contributed by atoms with van der Waals surface area (Å²) in [4.78, 5) is 2.41. The first-order valence-electron chi connectivity index (χ1n) is 6.48. The van der Waals surface area contributed by atoms with Gasteiger partial charge in [0.15, 0.2) is 0 Å². The van der Waals surface area contributed by atoms with Crippen LogP contribution in [0.2, 0.25) is 0 Å². The molecule has 0 spiro atoms. The Morgan fingerprint density at radius 1 is 1.53 bits per heavy atom. The maximum atomic E-state index is 4.16. The second-order valence-corrected chi connectivity index (χ2v) is 5.22. The lowest BCUT2D eigenvalue weighted by Crippen LogP contribution is -2.25. The minimum Gasteiger partial charge on any atom is -0.309 e. The van der Waals surface area contributed by atoms with Crippen molar-refractivity contribution in [3.63, 3.8) is 0 Å². The Bertz CT molecular complexity index is 342. The Morgan fingerprint density at radius 2 is 2.29 bits per heavy atom. The van der Waals surface area contributed by atoms with Crippen molar-refractivity contribution in [3.8, 4) is 0 Å². The van der Waals surface area contributed by atoms with E-state index in [-0.39, 0.29) is 0 Å². The molecule has 0 saturated heterocycles. The predicted octanol–water partition coefficient (Wildman–Crippen LogP) is 0.870. The lowest BCUT2D eigenvalue weighted by Gasteiger charge is -2.14. The van der Waals surface area contributed by atoms with Crippen LogP contribution in [0.15, 0.2) is 6.20 Å². The third-order valence-corrected chi connectivity index (χ3v) is 3.13. The van der Waals surface area contributed by atoms with Crippen molar-refractivity contribution < 1.29 is 0 Å². The average molecular weight is 237 g/mol. The zero-order valence-corrected chi connectivity index (χ0v) is 11.1. The van der Waals surface area contributed by atoms with Gasteiger partial charge in [0, 0.05) is 31.4 Å². The molecule has 0 aromatic carbocycles. The number of hydrogen-bond acceptors (Lipinski definition) is 4. The highest BCUT2D eigenvalue weighted by atomic mass is 15.4. The maximum Gasteiger partial charge on any atom is 0.0964 e. The van der Waals surface area contributed by atoms with E-state index in [0.29, 0.717) is 6.04 Å². The summed E-state index contributed by atoms with van der Waals surface area (Å²) in [6.45, 7) is 7.06. The van der Waals surface area contributed by atoms with Gasteiger partial charge >= 0.3 is 0 Å². The molecule has 0 aliphatic heterocycles. The van der Waals surface area contributed by atoms with Gasteiger partial charge in [0.25, 0.3) is 0 Å². The van der Waals surface area contributed by atoms with Gasteiger partial charge in [-0.05, 0) is 19.9 Å². The summed E-state index contributed by atoms with van der Waals surface area (Å²) in [6.07, 6.45) is 4.75. The van der Waals surface area contributed by atoms with Gasteiger partial charge in [0.05, 0.1) is 12.2 Å². The molecule has 0 radical (unpaired) electrons. The lowest BCUT2D eigenvalue weighted by molar-refractivity contribution is 0.301. The van der Waals surface area contributed by atoms with E-state index >= 15 is 0 Å². The molecule has 0 unspecified atom stereocenters. The molecule has 1 heterocycles. The highest BCUT2D eigenvalue weighted by Gasteiger charge is 2.25. The van der Waals surface area contributed by atoms with Gasteiger partial charge in [0.1, 0.15) is 0 Å². The standard InChI is InChI=1S/C12H23N5/c1-10(2)13-8-11-9-17(15-14-11)7-6-16(3)12-4-5-12/h9-10,12-13H,4-8H2,1-3H3. The van der Waals surface area contributed by atoms with Gasteiger partial charge in [-0.2, -0.15) is 0 Å². The highest BCUT2D eigenvalue weighted by Crippen LogP contribution is 2.24. The predicted molar refractivity (Wildman–Crippen MR) is 67.6 cm³/mol. The normalized spacial score (nSPS) is 16.1. The van der Waals surface area contributed by atoms with Crippen molar-refractivity contribution in [3.05, 3.63) is 11.9 Å². The SMILES string of the molecule is CC(C)NCc1cn(CCN(C)C2CC2)nn1. The first-order chi connectivity index (χ1) is 8.15. The molecule has 1 fully saturated rings. The molecule has 0 atom stereocenters. The number of nitrogens with zero attached hydrogens (tertiary/aromatic N) is 4. The van der Waals surface area contributed by atoms with Gasteiger partial charge in [-0.25, -0.2) is 0 Å². The average Bonchev–Trinajstić information content (AvgIpc) is 3.04. The van der Waals surface area contributed by atoms with Gasteiger partial charge < -0.3 is 10.2 Å². The van der Waals surface area contributed by atoms with Crippen LogP contribution in [0.5, 0.6) is 0 Å². The molecule has 96 valence electrons. The largest absolute Gasteiger partial charge is 0.309 e. The van der Waals surface area contributed by atoms with Crippen molar-refractivity contribution in [1.82, 2.24) is 25.2 Å². The Labute approximate surface area is 103 Å². The Balaban J connectivity index is 1.73. The fraction of sp³-hybridized carbons (Fsp3) is 0.833. The van der Waals surface area contributed by atoms with Crippen LogP contribution in [-0.2, 0) is 13.1 Å². The Morgan fingerprint density at radius 3 is 2.94 bits per heavy atom. The van der Waals surface area contributed by atoms with Gasteiger partial charge in [-0.15, -0.1) is 5.10 Å². The van der Waals surface area contributed by atoms with Crippen LogP contribution in [-0.4, -0.2) is 45.6 Å². The van der Waals surface area contributed by atoms with Crippen LogP contribution in [0.1, 0.15) is 32.4 Å². The molecule has 1 saturated carbocycles. The van der Waals surface area contributed by atoms with Crippen LogP contribution in [0.25, 0.3) is 0 Å². The second-order valence-electron chi connectivity index (χ2n) is 5.22. The number of rotatable bonds is 7. The molecule has 0 amide bonds. The molecule has 1 aliphatic rings. The molecule has 17 heavy (non-hydrogen) atoms. The maximum absolute atomic E-state index is 4.16. The molecule has 1 aromatic rings. The van der Waals surface area contributed by atoms with Crippen molar-refractivity contribution >= 4 is 0 Å². The van der Waals surface area contributed by atoms with E-state index in [1.54, 1.807) is 0 Å². The highest BCUT2D eigenvalue weighted by molar-refractivity contribution is 4.92. The van der Waals surface area contributed by atoms with Crippen LogP contribution in [0, 0.1) is 0 Å². The van der Waals surface area contributed by atoms with Gasteiger partial charge in [-0.1, -0.05) is 19.1 Å². The third-order valence-electron chi connectivity index (χ3n) is 3.13. The van der Waals surface area contributed by atoms with Crippen LogP contribution in [0.3, 0.4) is 0 Å². The zero-order chi connectivity index (χ0) is 12.3. The quantitative estimate of drug-likeness (QED) is 0.764. The fourth-order valence-corrected chi connectivity index (χ4v) is 1.80. The number of nitrogens with one attached hydrogen (secondary N) is 1. The first-order valence-corrected chi connectivity index (χ1v) is 6.48. The topological polar surface area (TPSA) is 46.0 Å². The molecule has 1 N–H and O–H groups in total. The number of likely N-dealkylation sites (N-methyl/N-ethyl adjacent to an activating group) is 1. The van der Waals surface area contributed by atoms with E-state index in [9.17, 15) is 0 Å². The molecule has 0 bridgehead atoms. The van der Waals surface area contributed by atoms with Crippen molar-refractivity contribution in [2.24, 2.45) is 0 Å². The summed E-state index contributed by atoms with van der Waals surface area (Å²) in [6, 6.07) is 1.31. The van der Waals surface area contributed by atoms with E-state index in [4.69, 9.17) is 0 Å². The molecule has 5 nitrogen and oxygen atoms in total. The third kappa shape index (κ3) is 4.09. The summed E-state index contributed by atoms with van der Waals surface area (Å²) < 4.78 is 1.94. The van der Waals surface area contributed by atoms with Crippen molar-refractivity contribution in [2.75, 3.05) is 13.6 Å². The molecule has 1 aliphatic carbocycles. The summed E-state index contributed by atoms with van der Waals surface area (Å²) in [5.41, 5.74) is 1.02. The molecule has 1 aromatic heterocycles. The Hall–Kier alpha value is -0.940. The first kappa shape index (κ1) is 12.5. The lowest BCUT2D eigenvalue weighted by atomic mass is 10.3. The molecule has 2 rings (SSSR count). The minimum absolute atomic E-state index is 0.487. The Kier molecular flexibility index (Phi) is 4.12. The van der Waals surface area contributed by atoms with Gasteiger partial charge in [0.2, 0.25) is 0 Å². The van der Waals surface area contributed by atoms with Crippen LogP contribution < -0.4 is 5.32 Å². The fourth-order valence-electron chi connectivity index (χ4n) is 1.80. The van der Waals surface area contributed by atoms with Crippen LogP contribution in [0.4, 0.5) is 0 Å². The monoisotopic (exact) mass is 237 g/mol. The van der Waals surface area contributed by atoms with Crippen molar-refractivity contribution in [2.45, 2.75) is 51.9 Å². The summed E-state index contributed by atoms with van der Waals surface area (Å²) in [7, 11) is 2.19. The van der Waals surface area contributed by atoms with E-state index in [1.807, 2.05) is 10.9 Å². The van der Waals surface area contributed by atoms with Crippen LogP contribution >= 0.6 is 0 Å². The van der Waals surface area contributed by atoms with E-state index in [1.165, 1.54) is 12.8 Å². The number of aromatic nitrogens is 3. The number of hydrogen-bond donors (Lipinski definition) is 1. The smallest absolute Gasteiger partial charge is 0.0964 e. The van der Waals surface area contributed by atoms with E-state index < -0.39 is 0 Å². The minimum atomic E-state index is 0.487. The van der Waals surface area contributed by atoms with Gasteiger partial charge in [-0.3, -0.25) is 4.68 Å². The zero-order valence-electron chi connectivity index (χ0n) is 11.1. The second kappa shape index (κ2) is 5.60. The molecular formula is C12H23N5. The summed E-state index contributed by atoms with van der Waals surface area (Å²) >= 11 is 0. The summed E-state index contributed by atoms with van der Waals surface area (Å²) in [5, 5.41) is 11.6.